The zero-order valence-electron chi connectivity index (χ0n) is 13.9. The maximum absolute atomic E-state index is 13.6. The summed E-state index contributed by atoms with van der Waals surface area (Å²) in [5, 5.41) is 4.64. The van der Waals surface area contributed by atoms with Crippen molar-refractivity contribution in [2.75, 3.05) is 11.9 Å². The molecule has 0 unspecified atom stereocenters. The summed E-state index contributed by atoms with van der Waals surface area (Å²) in [7, 11) is 0. The van der Waals surface area contributed by atoms with Crippen molar-refractivity contribution in [3.8, 4) is 0 Å². The van der Waals surface area contributed by atoms with Gasteiger partial charge in [0.25, 0.3) is 5.91 Å². The van der Waals surface area contributed by atoms with Gasteiger partial charge in [-0.3, -0.25) is 14.5 Å². The van der Waals surface area contributed by atoms with Crippen molar-refractivity contribution in [1.29, 1.82) is 0 Å². The van der Waals surface area contributed by atoms with Crippen LogP contribution in [0.1, 0.15) is 32.1 Å². The fourth-order valence-electron chi connectivity index (χ4n) is 3.43. The Balaban J connectivity index is 1.64. The number of amides is 4. The first-order chi connectivity index (χ1) is 12.4. The molecule has 1 aliphatic heterocycles. The Kier molecular flexibility index (Phi) is 5.15. The van der Waals surface area contributed by atoms with Gasteiger partial charge in [0.05, 0.1) is 5.69 Å². The van der Waals surface area contributed by atoms with Crippen molar-refractivity contribution in [2.45, 2.75) is 38.1 Å². The topological polar surface area (TPSA) is 78.5 Å². The van der Waals surface area contributed by atoms with Crippen LogP contribution in [0.3, 0.4) is 0 Å². The van der Waals surface area contributed by atoms with Gasteiger partial charge in [-0.05, 0) is 30.9 Å². The number of imide groups is 1. The predicted octanol–water partition coefficient (Wildman–Crippen LogP) is 2.54. The molecule has 6 nitrogen and oxygen atoms in total. The fraction of sp³-hybridized carbons (Fsp3) is 0.471. The zero-order chi connectivity index (χ0) is 18.8. The smallest absolute Gasteiger partial charge is 0.325 e. The van der Waals surface area contributed by atoms with Crippen molar-refractivity contribution in [3.63, 3.8) is 0 Å². The van der Waals surface area contributed by atoms with E-state index in [1.165, 1.54) is 0 Å². The number of carbonyl (C=O) groups is 3. The van der Waals surface area contributed by atoms with Gasteiger partial charge in [0.15, 0.2) is 17.5 Å². The van der Waals surface area contributed by atoms with Crippen LogP contribution in [0.4, 0.5) is 23.7 Å². The van der Waals surface area contributed by atoms with Crippen molar-refractivity contribution in [3.05, 3.63) is 29.6 Å². The van der Waals surface area contributed by atoms with Crippen molar-refractivity contribution in [1.82, 2.24) is 10.2 Å². The lowest BCUT2D eigenvalue weighted by atomic mass is 9.84. The summed E-state index contributed by atoms with van der Waals surface area (Å²) in [6.07, 6.45) is 4.73. The highest BCUT2D eigenvalue weighted by atomic mass is 19.2. The summed E-state index contributed by atoms with van der Waals surface area (Å²) >= 11 is 0. The summed E-state index contributed by atoms with van der Waals surface area (Å²) in [4.78, 5) is 37.2. The number of nitrogens with one attached hydrogen (secondary N) is 2. The molecule has 1 aromatic rings. The van der Waals surface area contributed by atoms with E-state index in [1.807, 2.05) is 5.32 Å². The van der Waals surface area contributed by atoms with E-state index in [-0.39, 0.29) is 5.92 Å². The highest BCUT2D eigenvalue weighted by Gasteiger charge is 2.43. The maximum atomic E-state index is 13.6. The average molecular weight is 369 g/mol. The lowest BCUT2D eigenvalue weighted by Crippen LogP contribution is -2.40. The van der Waals surface area contributed by atoms with Gasteiger partial charge in [-0.2, -0.15) is 0 Å². The van der Waals surface area contributed by atoms with Crippen LogP contribution in [-0.4, -0.2) is 35.3 Å². The zero-order valence-corrected chi connectivity index (χ0v) is 13.9. The maximum Gasteiger partial charge on any atom is 0.325 e. The van der Waals surface area contributed by atoms with E-state index in [0.717, 1.165) is 43.1 Å². The number of urea groups is 1. The molecule has 0 radical (unpaired) electrons. The fourth-order valence-corrected chi connectivity index (χ4v) is 3.43. The van der Waals surface area contributed by atoms with Crippen LogP contribution in [0.15, 0.2) is 12.1 Å². The van der Waals surface area contributed by atoms with Gasteiger partial charge >= 0.3 is 6.03 Å². The van der Waals surface area contributed by atoms with Crippen LogP contribution in [0.25, 0.3) is 0 Å². The minimum atomic E-state index is -1.71. The summed E-state index contributed by atoms with van der Waals surface area (Å²) in [5.41, 5.74) is -0.565. The third kappa shape index (κ3) is 3.51. The molecule has 3 rings (SSSR count). The minimum absolute atomic E-state index is 0.0388. The number of rotatable bonds is 4. The van der Waals surface area contributed by atoms with Gasteiger partial charge in [-0.25, -0.2) is 18.0 Å². The summed E-state index contributed by atoms with van der Waals surface area (Å²) < 4.78 is 39.7. The molecule has 140 valence electrons. The number of hydrogen-bond acceptors (Lipinski definition) is 3. The SMILES string of the molecule is O=C(CN1C(=O)N[C@@H](C2CCCCC2)C1=O)Nc1ccc(F)c(F)c1F. The van der Waals surface area contributed by atoms with Crippen LogP contribution in [0.5, 0.6) is 0 Å². The van der Waals surface area contributed by atoms with Gasteiger partial charge in [-0.15, -0.1) is 0 Å². The number of hydrogen-bond donors (Lipinski definition) is 2. The molecule has 9 heteroatoms. The number of halogens is 3. The second kappa shape index (κ2) is 7.35. The summed E-state index contributed by atoms with van der Waals surface area (Å²) in [6, 6.07) is 0.186. The summed E-state index contributed by atoms with van der Waals surface area (Å²) in [5.74, 6) is -5.99. The molecular formula is C17H18F3N3O3. The highest BCUT2D eigenvalue weighted by Crippen LogP contribution is 2.29. The number of anilines is 1. The molecule has 1 aliphatic carbocycles. The molecular weight excluding hydrogens is 351 g/mol. The first kappa shape index (κ1) is 18.2. The van der Waals surface area contributed by atoms with Gasteiger partial charge in [0.1, 0.15) is 12.6 Å². The highest BCUT2D eigenvalue weighted by molar-refractivity contribution is 6.08. The van der Waals surface area contributed by atoms with Crippen LogP contribution in [0.2, 0.25) is 0 Å². The largest absolute Gasteiger partial charge is 0.326 e. The van der Waals surface area contributed by atoms with Gasteiger partial charge in [-0.1, -0.05) is 19.3 Å². The van der Waals surface area contributed by atoms with Gasteiger partial charge < -0.3 is 10.6 Å². The Morgan fingerprint density at radius 1 is 1.12 bits per heavy atom. The predicted molar refractivity (Wildman–Crippen MR) is 85.6 cm³/mol. The standard InChI is InChI=1S/C17H18F3N3O3/c18-10-6-7-11(14(20)13(10)19)21-12(24)8-23-16(25)15(22-17(23)26)9-4-2-1-3-5-9/h6-7,9,15H,1-5,8H2,(H,21,24)(H,22,26)/t15-/m0/s1. The van der Waals surface area contributed by atoms with Crippen LogP contribution in [0, 0.1) is 23.4 Å². The Morgan fingerprint density at radius 2 is 1.81 bits per heavy atom. The van der Waals surface area contributed by atoms with E-state index in [4.69, 9.17) is 0 Å². The number of nitrogens with zero attached hydrogens (tertiary/aromatic N) is 1. The van der Waals surface area contributed by atoms with Gasteiger partial charge in [0, 0.05) is 0 Å². The quantitative estimate of drug-likeness (QED) is 0.632. The Morgan fingerprint density at radius 3 is 2.50 bits per heavy atom. The molecule has 0 spiro atoms. The molecule has 1 atom stereocenters. The third-order valence-electron chi connectivity index (χ3n) is 4.79. The molecule has 1 aromatic carbocycles. The lowest BCUT2D eigenvalue weighted by Gasteiger charge is -2.25. The second-order valence-corrected chi connectivity index (χ2v) is 6.52. The second-order valence-electron chi connectivity index (χ2n) is 6.52. The molecule has 2 fully saturated rings. The first-order valence-electron chi connectivity index (χ1n) is 8.43. The van der Waals surface area contributed by atoms with E-state index >= 15 is 0 Å². The van der Waals surface area contributed by atoms with Crippen LogP contribution < -0.4 is 10.6 Å². The molecule has 0 bridgehead atoms. The molecule has 1 saturated heterocycles. The van der Waals surface area contributed by atoms with E-state index in [0.29, 0.717) is 6.07 Å². The number of carbonyl (C=O) groups excluding carboxylic acids is 3. The number of benzene rings is 1. The third-order valence-corrected chi connectivity index (χ3v) is 4.79. The van der Waals surface area contributed by atoms with Crippen molar-refractivity contribution in [2.24, 2.45) is 5.92 Å². The van der Waals surface area contributed by atoms with E-state index in [2.05, 4.69) is 5.32 Å². The Labute approximate surface area is 147 Å². The molecule has 0 aromatic heterocycles. The van der Waals surface area contributed by atoms with Crippen molar-refractivity contribution < 1.29 is 27.6 Å². The monoisotopic (exact) mass is 369 g/mol. The van der Waals surface area contributed by atoms with Crippen LogP contribution in [-0.2, 0) is 9.59 Å². The van der Waals surface area contributed by atoms with E-state index in [1.54, 1.807) is 0 Å². The molecule has 2 aliphatic rings. The Hall–Kier alpha value is -2.58. The normalized spacial score (nSPS) is 21.0. The molecule has 2 N–H and O–H groups in total. The molecule has 1 saturated carbocycles. The van der Waals surface area contributed by atoms with E-state index in [9.17, 15) is 27.6 Å². The average Bonchev–Trinajstić information content (AvgIpc) is 2.91. The molecule has 1 heterocycles. The summed E-state index contributed by atoms with van der Waals surface area (Å²) in [6.45, 7) is -0.633. The van der Waals surface area contributed by atoms with E-state index < -0.39 is 53.6 Å². The lowest BCUT2D eigenvalue weighted by molar-refractivity contribution is -0.131. The molecule has 4 amide bonds. The van der Waals surface area contributed by atoms with Crippen LogP contribution >= 0.6 is 0 Å². The Bertz CT molecular complexity index is 750. The minimum Gasteiger partial charge on any atom is -0.326 e. The molecule has 26 heavy (non-hydrogen) atoms. The van der Waals surface area contributed by atoms with Gasteiger partial charge in [0.2, 0.25) is 5.91 Å². The first-order valence-corrected chi connectivity index (χ1v) is 8.43. The van der Waals surface area contributed by atoms with Crippen molar-refractivity contribution >= 4 is 23.5 Å².